The molecule has 28 heavy (non-hydrogen) atoms. The smallest absolute Gasteiger partial charge is 0.260 e. The summed E-state index contributed by atoms with van der Waals surface area (Å²) in [6.07, 6.45) is 1.72. The van der Waals surface area contributed by atoms with E-state index in [4.69, 9.17) is 4.74 Å². The number of ether oxygens (including phenoxy) is 1. The molecule has 0 spiro atoms. The lowest BCUT2D eigenvalue weighted by Crippen LogP contribution is -2.44. The quantitative estimate of drug-likeness (QED) is 0.799. The number of hydrogen-bond acceptors (Lipinski definition) is 3. The van der Waals surface area contributed by atoms with Gasteiger partial charge in [-0.3, -0.25) is 9.59 Å². The summed E-state index contributed by atoms with van der Waals surface area (Å²) in [5.41, 5.74) is 0.599. The molecule has 1 aliphatic rings. The van der Waals surface area contributed by atoms with Crippen molar-refractivity contribution < 1.29 is 18.7 Å². The van der Waals surface area contributed by atoms with Gasteiger partial charge >= 0.3 is 0 Å². The van der Waals surface area contributed by atoms with Gasteiger partial charge in [0.25, 0.3) is 5.91 Å². The highest BCUT2D eigenvalue weighted by Crippen LogP contribution is 2.18. The molecule has 1 aliphatic heterocycles. The molecule has 0 saturated carbocycles. The molecule has 6 heteroatoms. The summed E-state index contributed by atoms with van der Waals surface area (Å²) in [5.74, 6) is 0.215. The number of para-hydroxylation sites is 1. The van der Waals surface area contributed by atoms with E-state index in [0.717, 1.165) is 0 Å². The predicted octanol–water partition coefficient (Wildman–Crippen LogP) is 2.80. The minimum atomic E-state index is -0.249. The second-order valence-electron chi connectivity index (χ2n) is 6.89. The van der Waals surface area contributed by atoms with E-state index >= 15 is 0 Å². The first-order valence-electron chi connectivity index (χ1n) is 9.60. The van der Waals surface area contributed by atoms with Crippen LogP contribution in [-0.2, 0) is 16.0 Å². The maximum absolute atomic E-state index is 13.6. The predicted molar refractivity (Wildman–Crippen MR) is 104 cm³/mol. The number of nitrogens with zero attached hydrogens (tertiary/aromatic N) is 1. The van der Waals surface area contributed by atoms with Crippen molar-refractivity contribution in [2.45, 2.75) is 19.3 Å². The van der Waals surface area contributed by atoms with Crippen molar-refractivity contribution in [3.8, 4) is 5.75 Å². The Morgan fingerprint density at radius 1 is 1.04 bits per heavy atom. The topological polar surface area (TPSA) is 58.6 Å². The molecule has 0 aromatic heterocycles. The van der Waals surface area contributed by atoms with Crippen molar-refractivity contribution in [2.75, 3.05) is 26.2 Å². The highest BCUT2D eigenvalue weighted by Gasteiger charge is 2.27. The number of piperidine rings is 1. The van der Waals surface area contributed by atoms with Gasteiger partial charge in [-0.05, 0) is 43.0 Å². The van der Waals surface area contributed by atoms with Crippen LogP contribution in [0.4, 0.5) is 4.39 Å². The Labute approximate surface area is 164 Å². The first-order chi connectivity index (χ1) is 13.6. The van der Waals surface area contributed by atoms with Gasteiger partial charge in [0.15, 0.2) is 6.61 Å². The number of amides is 2. The molecule has 0 aliphatic carbocycles. The van der Waals surface area contributed by atoms with Crippen molar-refractivity contribution in [1.29, 1.82) is 0 Å². The van der Waals surface area contributed by atoms with Crippen molar-refractivity contribution in [3.63, 3.8) is 0 Å². The van der Waals surface area contributed by atoms with Crippen LogP contribution in [0.25, 0.3) is 0 Å². The average molecular weight is 384 g/mol. The Morgan fingerprint density at radius 3 is 2.43 bits per heavy atom. The summed E-state index contributed by atoms with van der Waals surface area (Å²) >= 11 is 0. The minimum Gasteiger partial charge on any atom is -0.484 e. The Morgan fingerprint density at radius 2 is 1.71 bits per heavy atom. The van der Waals surface area contributed by atoms with E-state index in [1.165, 1.54) is 6.07 Å². The molecule has 0 bridgehead atoms. The molecule has 1 N–H and O–H groups in total. The van der Waals surface area contributed by atoms with Gasteiger partial charge in [0.1, 0.15) is 11.6 Å². The molecule has 5 nitrogen and oxygen atoms in total. The first-order valence-corrected chi connectivity index (χ1v) is 9.60. The Bertz CT molecular complexity index is 789. The number of benzene rings is 2. The lowest BCUT2D eigenvalue weighted by molar-refractivity contribution is -0.137. The number of halogens is 1. The molecule has 148 valence electrons. The van der Waals surface area contributed by atoms with Crippen LogP contribution in [0.2, 0.25) is 0 Å². The summed E-state index contributed by atoms with van der Waals surface area (Å²) in [5, 5.41) is 2.89. The second-order valence-corrected chi connectivity index (χ2v) is 6.89. The van der Waals surface area contributed by atoms with Crippen molar-refractivity contribution >= 4 is 11.8 Å². The Balaban J connectivity index is 1.36. The molecule has 1 heterocycles. The van der Waals surface area contributed by atoms with Crippen LogP contribution in [0, 0.1) is 11.7 Å². The van der Waals surface area contributed by atoms with Gasteiger partial charge in [-0.15, -0.1) is 0 Å². The zero-order chi connectivity index (χ0) is 19.8. The molecule has 0 radical (unpaired) electrons. The fourth-order valence-electron chi connectivity index (χ4n) is 3.31. The average Bonchev–Trinajstić information content (AvgIpc) is 2.74. The van der Waals surface area contributed by atoms with Crippen LogP contribution in [0.3, 0.4) is 0 Å². The number of rotatable bonds is 7. The molecular weight excluding hydrogens is 359 g/mol. The van der Waals surface area contributed by atoms with Crippen molar-refractivity contribution in [3.05, 3.63) is 66.0 Å². The SMILES string of the molecule is O=C(NCCc1ccccc1F)C1CCN(C(=O)COc2ccccc2)CC1. The molecule has 0 atom stereocenters. The van der Waals surface area contributed by atoms with Gasteiger partial charge in [0.2, 0.25) is 5.91 Å². The fraction of sp³-hybridized carbons (Fsp3) is 0.364. The van der Waals surface area contributed by atoms with Crippen molar-refractivity contribution in [1.82, 2.24) is 10.2 Å². The third-order valence-corrected chi connectivity index (χ3v) is 4.98. The van der Waals surface area contributed by atoms with E-state index in [-0.39, 0.29) is 30.2 Å². The normalized spacial score (nSPS) is 14.5. The van der Waals surface area contributed by atoms with Gasteiger partial charge in [-0.1, -0.05) is 36.4 Å². The van der Waals surface area contributed by atoms with Crippen LogP contribution in [0.5, 0.6) is 5.75 Å². The second kappa shape index (κ2) is 9.88. The van der Waals surface area contributed by atoms with E-state index in [2.05, 4.69) is 5.32 Å². The van der Waals surface area contributed by atoms with E-state index in [1.807, 2.05) is 30.3 Å². The lowest BCUT2D eigenvalue weighted by atomic mass is 9.96. The van der Waals surface area contributed by atoms with Gasteiger partial charge in [-0.25, -0.2) is 4.39 Å². The Kier molecular flexibility index (Phi) is 7.00. The molecule has 2 amide bonds. The van der Waals surface area contributed by atoms with Gasteiger partial charge in [0, 0.05) is 25.6 Å². The summed E-state index contributed by atoms with van der Waals surface area (Å²) < 4.78 is 19.1. The summed E-state index contributed by atoms with van der Waals surface area (Å²) in [6.45, 7) is 1.50. The molecule has 0 unspecified atom stereocenters. The molecule has 2 aromatic rings. The zero-order valence-electron chi connectivity index (χ0n) is 15.8. The molecule has 2 aromatic carbocycles. The third kappa shape index (κ3) is 5.55. The van der Waals surface area contributed by atoms with Gasteiger partial charge < -0.3 is 15.0 Å². The Hall–Kier alpha value is -2.89. The number of nitrogens with one attached hydrogen (secondary N) is 1. The third-order valence-electron chi connectivity index (χ3n) is 4.98. The molecule has 3 rings (SSSR count). The maximum atomic E-state index is 13.6. The van der Waals surface area contributed by atoms with Crippen LogP contribution in [0.1, 0.15) is 18.4 Å². The minimum absolute atomic E-state index is 0.00349. The van der Waals surface area contributed by atoms with Crippen LogP contribution >= 0.6 is 0 Å². The van der Waals surface area contributed by atoms with Gasteiger partial charge in [-0.2, -0.15) is 0 Å². The fourth-order valence-corrected chi connectivity index (χ4v) is 3.31. The molecular formula is C22H25FN2O3. The number of carbonyl (C=O) groups excluding carboxylic acids is 2. The highest BCUT2D eigenvalue weighted by molar-refractivity contribution is 5.80. The lowest BCUT2D eigenvalue weighted by Gasteiger charge is -2.31. The van der Waals surface area contributed by atoms with Crippen molar-refractivity contribution in [2.24, 2.45) is 5.92 Å². The highest BCUT2D eigenvalue weighted by atomic mass is 19.1. The molecule has 1 fully saturated rings. The van der Waals surface area contributed by atoms with Gasteiger partial charge in [0.05, 0.1) is 0 Å². The number of hydrogen-bond donors (Lipinski definition) is 1. The standard InChI is InChI=1S/C22H25FN2O3/c23-20-9-5-4-6-17(20)10-13-24-22(27)18-11-14-25(15-12-18)21(26)16-28-19-7-2-1-3-8-19/h1-9,18H,10-16H2,(H,24,27). The first kappa shape index (κ1) is 19.9. The van der Waals surface area contributed by atoms with Crippen LogP contribution in [0.15, 0.2) is 54.6 Å². The maximum Gasteiger partial charge on any atom is 0.260 e. The number of likely N-dealkylation sites (tertiary alicyclic amines) is 1. The van der Waals surface area contributed by atoms with E-state index in [9.17, 15) is 14.0 Å². The summed E-state index contributed by atoms with van der Waals surface area (Å²) in [6, 6.07) is 15.8. The van der Waals surface area contributed by atoms with E-state index in [0.29, 0.717) is 50.2 Å². The summed E-state index contributed by atoms with van der Waals surface area (Å²) in [4.78, 5) is 26.3. The number of carbonyl (C=O) groups is 2. The van der Waals surface area contributed by atoms with Crippen LogP contribution in [-0.4, -0.2) is 43.0 Å². The van der Waals surface area contributed by atoms with E-state index in [1.54, 1.807) is 23.1 Å². The van der Waals surface area contributed by atoms with E-state index < -0.39 is 0 Å². The molecule has 1 saturated heterocycles. The zero-order valence-corrected chi connectivity index (χ0v) is 15.8. The summed E-state index contributed by atoms with van der Waals surface area (Å²) in [7, 11) is 0. The monoisotopic (exact) mass is 384 g/mol. The van der Waals surface area contributed by atoms with Crippen LogP contribution < -0.4 is 10.1 Å². The largest absolute Gasteiger partial charge is 0.484 e.